The molecule has 24 heavy (non-hydrogen) atoms. The molecule has 0 unspecified atom stereocenters. The number of carbonyl (C=O) groups is 1. The summed E-state index contributed by atoms with van der Waals surface area (Å²) in [6.07, 6.45) is 5.31. The average Bonchev–Trinajstić information content (AvgIpc) is 2.97. The molecule has 0 bridgehead atoms. The van der Waals surface area contributed by atoms with Crippen LogP contribution in [-0.2, 0) is 9.53 Å². The molecule has 132 valence electrons. The molecule has 3 nitrogen and oxygen atoms in total. The van der Waals surface area contributed by atoms with Crippen molar-refractivity contribution in [1.29, 1.82) is 0 Å². The van der Waals surface area contributed by atoms with Gasteiger partial charge in [0, 0.05) is 11.3 Å². The van der Waals surface area contributed by atoms with Crippen molar-refractivity contribution in [3.05, 3.63) is 35.9 Å². The van der Waals surface area contributed by atoms with Crippen LogP contribution in [0.15, 0.2) is 35.3 Å². The van der Waals surface area contributed by atoms with Crippen LogP contribution >= 0.6 is 11.8 Å². The van der Waals surface area contributed by atoms with E-state index in [2.05, 4.69) is 6.92 Å². The van der Waals surface area contributed by atoms with Crippen molar-refractivity contribution >= 4 is 22.8 Å². The van der Waals surface area contributed by atoms with E-state index in [9.17, 15) is 4.79 Å². The fourth-order valence-electron chi connectivity index (χ4n) is 2.73. The molecule has 1 heterocycles. The van der Waals surface area contributed by atoms with Gasteiger partial charge >= 0.3 is 5.97 Å². The second-order valence-corrected chi connectivity index (χ2v) is 8.38. The quantitative estimate of drug-likeness (QED) is 0.501. The smallest absolute Gasteiger partial charge is 0.335 e. The van der Waals surface area contributed by atoms with E-state index < -0.39 is 11.1 Å². The van der Waals surface area contributed by atoms with Gasteiger partial charge in [0.15, 0.2) is 5.54 Å². The third-order valence-electron chi connectivity index (χ3n) is 4.01. The van der Waals surface area contributed by atoms with Crippen LogP contribution in [0.1, 0.15) is 65.4 Å². The summed E-state index contributed by atoms with van der Waals surface area (Å²) in [7, 11) is 0. The zero-order valence-electron chi connectivity index (χ0n) is 15.3. The predicted octanol–water partition coefficient (Wildman–Crippen LogP) is 5.23. The van der Waals surface area contributed by atoms with E-state index in [1.807, 2.05) is 51.1 Å². The third kappa shape index (κ3) is 5.10. The Morgan fingerprint density at radius 1 is 1.21 bits per heavy atom. The monoisotopic (exact) mass is 347 g/mol. The van der Waals surface area contributed by atoms with Gasteiger partial charge in [-0.25, -0.2) is 4.79 Å². The number of thioether (sulfide) groups is 1. The fourth-order valence-corrected chi connectivity index (χ4v) is 3.97. The molecule has 0 amide bonds. The van der Waals surface area contributed by atoms with Gasteiger partial charge in [0.1, 0.15) is 5.60 Å². The highest BCUT2D eigenvalue weighted by Crippen LogP contribution is 2.37. The number of rotatable bonds is 7. The zero-order valence-corrected chi connectivity index (χ0v) is 16.1. The van der Waals surface area contributed by atoms with E-state index in [0.717, 1.165) is 29.9 Å². The molecular formula is C20H29NO2S. The molecule has 0 fully saturated rings. The summed E-state index contributed by atoms with van der Waals surface area (Å²) in [6.45, 7) is 7.94. The van der Waals surface area contributed by atoms with Gasteiger partial charge in [-0.05, 0) is 27.2 Å². The third-order valence-corrected chi connectivity index (χ3v) is 5.23. The normalized spacial score (nSPS) is 20.8. The standard InChI is InChI=1S/C20H29NO2S/c1-5-6-7-11-14-20(18(22)23-19(2,3)4)15-24-17(21-20)16-12-9-8-10-13-16/h8-10,12-13H,5-7,11,14-15H2,1-4H3/t20-/m0/s1. The van der Waals surface area contributed by atoms with Gasteiger partial charge < -0.3 is 4.74 Å². The van der Waals surface area contributed by atoms with Gasteiger partial charge in [-0.3, -0.25) is 4.99 Å². The number of hydrogen-bond acceptors (Lipinski definition) is 4. The molecule has 0 aromatic heterocycles. The maximum absolute atomic E-state index is 12.9. The molecule has 0 aliphatic carbocycles. The van der Waals surface area contributed by atoms with Crippen LogP contribution < -0.4 is 0 Å². The molecule has 0 radical (unpaired) electrons. The second kappa shape index (κ2) is 8.19. The lowest BCUT2D eigenvalue weighted by Crippen LogP contribution is -2.42. The molecule has 1 aromatic rings. The number of aliphatic imine (C=N–C) groups is 1. The maximum Gasteiger partial charge on any atom is 0.335 e. The largest absolute Gasteiger partial charge is 0.458 e. The lowest BCUT2D eigenvalue weighted by atomic mass is 9.94. The lowest BCUT2D eigenvalue weighted by Gasteiger charge is -2.28. The molecule has 0 spiro atoms. The van der Waals surface area contributed by atoms with E-state index in [0.29, 0.717) is 5.75 Å². The van der Waals surface area contributed by atoms with E-state index in [4.69, 9.17) is 9.73 Å². The van der Waals surface area contributed by atoms with Gasteiger partial charge in [-0.15, -0.1) is 11.8 Å². The Morgan fingerprint density at radius 3 is 2.54 bits per heavy atom. The zero-order chi connectivity index (χ0) is 17.6. The highest BCUT2D eigenvalue weighted by Gasteiger charge is 2.45. The first-order valence-corrected chi connectivity index (χ1v) is 9.86. The van der Waals surface area contributed by atoms with E-state index in [-0.39, 0.29) is 5.97 Å². The van der Waals surface area contributed by atoms with Crippen LogP contribution in [0.4, 0.5) is 0 Å². The molecule has 4 heteroatoms. The number of benzene rings is 1. The Morgan fingerprint density at radius 2 is 1.92 bits per heavy atom. The average molecular weight is 348 g/mol. The van der Waals surface area contributed by atoms with Crippen molar-refractivity contribution < 1.29 is 9.53 Å². The Kier molecular flexibility index (Phi) is 6.50. The van der Waals surface area contributed by atoms with Gasteiger partial charge in [0.25, 0.3) is 0 Å². The molecule has 0 saturated carbocycles. The summed E-state index contributed by atoms with van der Waals surface area (Å²) < 4.78 is 5.71. The number of carbonyl (C=O) groups excluding carboxylic acids is 1. The first-order valence-electron chi connectivity index (χ1n) is 8.88. The molecule has 0 N–H and O–H groups in total. The fraction of sp³-hybridized carbons (Fsp3) is 0.600. The maximum atomic E-state index is 12.9. The number of nitrogens with zero attached hydrogens (tertiary/aromatic N) is 1. The summed E-state index contributed by atoms with van der Waals surface area (Å²) in [4.78, 5) is 17.8. The topological polar surface area (TPSA) is 38.7 Å². The van der Waals surface area contributed by atoms with Crippen LogP contribution in [0, 0.1) is 0 Å². The molecule has 1 aliphatic rings. The van der Waals surface area contributed by atoms with E-state index in [1.165, 1.54) is 12.8 Å². The highest BCUT2D eigenvalue weighted by molar-refractivity contribution is 8.14. The minimum atomic E-state index is -0.725. The van der Waals surface area contributed by atoms with E-state index in [1.54, 1.807) is 11.8 Å². The summed E-state index contributed by atoms with van der Waals surface area (Å²) in [5, 5.41) is 0.956. The van der Waals surface area contributed by atoms with Crippen LogP contribution in [0.5, 0.6) is 0 Å². The van der Waals surface area contributed by atoms with Gasteiger partial charge in [0.2, 0.25) is 0 Å². The van der Waals surface area contributed by atoms with Crippen molar-refractivity contribution in [3.8, 4) is 0 Å². The van der Waals surface area contributed by atoms with Crippen molar-refractivity contribution in [2.45, 2.75) is 70.9 Å². The van der Waals surface area contributed by atoms with Crippen LogP contribution in [-0.4, -0.2) is 27.9 Å². The SMILES string of the molecule is CCCCCC[C@@]1(C(=O)OC(C)(C)C)CSC(c2ccccc2)=N1. The van der Waals surface area contributed by atoms with Crippen molar-refractivity contribution in [2.75, 3.05) is 5.75 Å². The summed E-state index contributed by atoms with van der Waals surface area (Å²) in [5.74, 6) is 0.503. The van der Waals surface area contributed by atoms with Gasteiger partial charge in [0.05, 0.1) is 5.04 Å². The molecular weight excluding hydrogens is 318 g/mol. The van der Waals surface area contributed by atoms with E-state index >= 15 is 0 Å². The Bertz CT molecular complexity index is 577. The number of esters is 1. The van der Waals surface area contributed by atoms with Crippen molar-refractivity contribution in [3.63, 3.8) is 0 Å². The molecule has 1 aromatic carbocycles. The highest BCUT2D eigenvalue weighted by atomic mass is 32.2. The summed E-state index contributed by atoms with van der Waals surface area (Å²) in [5.41, 5.74) is -0.124. The predicted molar refractivity (Wildman–Crippen MR) is 103 cm³/mol. The first-order chi connectivity index (χ1) is 11.4. The lowest BCUT2D eigenvalue weighted by molar-refractivity contribution is -0.160. The number of ether oxygens (including phenoxy) is 1. The number of unbranched alkanes of at least 4 members (excludes halogenated alkanes) is 3. The van der Waals surface area contributed by atoms with Crippen LogP contribution in [0.25, 0.3) is 0 Å². The Hall–Kier alpha value is -1.29. The van der Waals surface area contributed by atoms with Crippen molar-refractivity contribution in [2.24, 2.45) is 4.99 Å². The molecule has 1 atom stereocenters. The first kappa shape index (κ1) is 19.0. The minimum absolute atomic E-state index is 0.176. The molecule has 0 saturated heterocycles. The van der Waals surface area contributed by atoms with Crippen LogP contribution in [0.3, 0.4) is 0 Å². The van der Waals surface area contributed by atoms with Crippen LogP contribution in [0.2, 0.25) is 0 Å². The minimum Gasteiger partial charge on any atom is -0.458 e. The Labute approximate surface area is 150 Å². The molecule has 1 aliphatic heterocycles. The van der Waals surface area contributed by atoms with Gasteiger partial charge in [-0.1, -0.05) is 62.9 Å². The summed E-state index contributed by atoms with van der Waals surface area (Å²) in [6, 6.07) is 10.1. The van der Waals surface area contributed by atoms with Gasteiger partial charge in [-0.2, -0.15) is 0 Å². The molecule has 2 rings (SSSR count). The Balaban J connectivity index is 2.20. The van der Waals surface area contributed by atoms with Crippen molar-refractivity contribution in [1.82, 2.24) is 0 Å². The second-order valence-electron chi connectivity index (χ2n) is 7.42. The number of hydrogen-bond donors (Lipinski definition) is 0. The summed E-state index contributed by atoms with van der Waals surface area (Å²) >= 11 is 1.67.